The Labute approximate surface area is 94.7 Å². The highest BCUT2D eigenvalue weighted by Crippen LogP contribution is 2.31. The number of nitrogens with zero attached hydrogens (tertiary/aromatic N) is 1. The summed E-state index contributed by atoms with van der Waals surface area (Å²) in [5.41, 5.74) is 2.61. The molecule has 3 heteroatoms. The van der Waals surface area contributed by atoms with Gasteiger partial charge in [0.2, 0.25) is 0 Å². The van der Waals surface area contributed by atoms with Crippen LogP contribution in [0, 0.1) is 11.3 Å². The van der Waals surface area contributed by atoms with Crippen LogP contribution in [0.2, 0.25) is 0 Å². The highest BCUT2D eigenvalue weighted by atomic mass is 32.2. The lowest BCUT2D eigenvalue weighted by atomic mass is 10.1. The smallest absolute Gasteiger partial charge is 0.0621 e. The Morgan fingerprint density at radius 3 is 3.27 bits per heavy atom. The topological polar surface area (TPSA) is 35.8 Å². The minimum absolute atomic E-state index is 0.655. The van der Waals surface area contributed by atoms with Crippen LogP contribution in [0.1, 0.15) is 18.4 Å². The Balaban J connectivity index is 2.04. The molecule has 2 rings (SSSR count). The summed E-state index contributed by atoms with van der Waals surface area (Å²) in [6, 6.07) is 8.75. The molecular weight excluding hydrogens is 204 g/mol. The number of nitrogens with one attached hydrogen (secondary N) is 1. The van der Waals surface area contributed by atoms with Gasteiger partial charge in [-0.1, -0.05) is 6.07 Å². The van der Waals surface area contributed by atoms with Crippen LogP contribution in [0.3, 0.4) is 0 Å². The van der Waals surface area contributed by atoms with Gasteiger partial charge >= 0.3 is 0 Å². The second kappa shape index (κ2) is 5.09. The molecule has 0 fully saturated rings. The molecular formula is C12H14N2S. The lowest BCUT2D eigenvalue weighted by Gasteiger charge is -2.18. The van der Waals surface area contributed by atoms with Crippen molar-refractivity contribution in [3.05, 3.63) is 23.8 Å². The molecule has 1 aromatic rings. The van der Waals surface area contributed by atoms with Crippen molar-refractivity contribution in [2.75, 3.05) is 17.6 Å². The van der Waals surface area contributed by atoms with E-state index in [1.807, 2.05) is 11.8 Å². The number of hydrogen-bond donors (Lipinski definition) is 1. The average molecular weight is 218 g/mol. The standard InChI is InChI=1S/C12H14N2S/c13-6-2-1-3-10-4-5-11-12(9-10)15-8-7-14-11/h4-5,9,14H,1-3,7-8H2. The average Bonchev–Trinajstić information content (AvgIpc) is 2.29. The van der Waals surface area contributed by atoms with Crippen molar-refractivity contribution in [3.8, 4) is 6.07 Å². The van der Waals surface area contributed by atoms with Gasteiger partial charge in [0, 0.05) is 29.3 Å². The summed E-state index contributed by atoms with van der Waals surface area (Å²) < 4.78 is 0. The second-order valence-electron chi connectivity index (χ2n) is 3.62. The molecule has 0 amide bonds. The van der Waals surface area contributed by atoms with Crippen LogP contribution in [0.25, 0.3) is 0 Å². The fourth-order valence-electron chi connectivity index (χ4n) is 1.71. The Kier molecular flexibility index (Phi) is 3.52. The van der Waals surface area contributed by atoms with Gasteiger partial charge in [0.25, 0.3) is 0 Å². The maximum absolute atomic E-state index is 8.47. The summed E-state index contributed by atoms with van der Waals surface area (Å²) >= 11 is 1.91. The summed E-state index contributed by atoms with van der Waals surface area (Å²) in [5, 5.41) is 11.9. The predicted molar refractivity (Wildman–Crippen MR) is 64.2 cm³/mol. The lowest BCUT2D eigenvalue weighted by molar-refractivity contribution is 0.848. The highest BCUT2D eigenvalue weighted by Gasteiger charge is 2.08. The van der Waals surface area contributed by atoms with Crippen molar-refractivity contribution in [1.82, 2.24) is 0 Å². The monoisotopic (exact) mass is 218 g/mol. The first-order chi connectivity index (χ1) is 7.40. The van der Waals surface area contributed by atoms with E-state index in [0.29, 0.717) is 6.42 Å². The largest absolute Gasteiger partial charge is 0.383 e. The molecule has 2 nitrogen and oxygen atoms in total. The zero-order chi connectivity index (χ0) is 10.5. The molecule has 1 aliphatic heterocycles. The normalized spacial score (nSPS) is 13.8. The van der Waals surface area contributed by atoms with E-state index in [1.165, 1.54) is 16.1 Å². The van der Waals surface area contributed by atoms with Crippen molar-refractivity contribution in [3.63, 3.8) is 0 Å². The number of aryl methyl sites for hydroxylation is 1. The molecule has 1 N–H and O–H groups in total. The molecule has 0 aliphatic carbocycles. The Morgan fingerprint density at radius 1 is 1.47 bits per heavy atom. The quantitative estimate of drug-likeness (QED) is 0.792. The number of hydrogen-bond acceptors (Lipinski definition) is 3. The third kappa shape index (κ3) is 2.66. The van der Waals surface area contributed by atoms with Crippen LogP contribution in [0.15, 0.2) is 23.1 Å². The van der Waals surface area contributed by atoms with E-state index in [9.17, 15) is 0 Å². The van der Waals surface area contributed by atoms with Gasteiger partial charge in [-0.3, -0.25) is 0 Å². The van der Waals surface area contributed by atoms with Crippen LogP contribution >= 0.6 is 11.8 Å². The fraction of sp³-hybridized carbons (Fsp3) is 0.417. The van der Waals surface area contributed by atoms with E-state index in [1.54, 1.807) is 0 Å². The summed E-state index contributed by atoms with van der Waals surface area (Å²) in [6.45, 7) is 1.06. The number of benzene rings is 1. The molecule has 0 atom stereocenters. The lowest BCUT2D eigenvalue weighted by Crippen LogP contribution is -2.10. The maximum Gasteiger partial charge on any atom is 0.0621 e. The SMILES string of the molecule is N#CCCCc1ccc2c(c1)SCCN2. The van der Waals surface area contributed by atoms with Gasteiger partial charge in [-0.05, 0) is 30.5 Å². The Hall–Kier alpha value is -1.14. The number of fused-ring (bicyclic) bond motifs is 1. The van der Waals surface area contributed by atoms with Gasteiger partial charge in [-0.25, -0.2) is 0 Å². The third-order valence-electron chi connectivity index (χ3n) is 2.48. The van der Waals surface area contributed by atoms with Crippen LogP contribution in [0.4, 0.5) is 5.69 Å². The van der Waals surface area contributed by atoms with E-state index in [0.717, 1.165) is 25.1 Å². The molecule has 0 saturated heterocycles. The van der Waals surface area contributed by atoms with E-state index in [4.69, 9.17) is 5.26 Å². The molecule has 0 aromatic heterocycles. The molecule has 1 aliphatic rings. The number of unbranched alkanes of at least 4 members (excludes halogenated alkanes) is 1. The third-order valence-corrected chi connectivity index (χ3v) is 3.53. The van der Waals surface area contributed by atoms with Gasteiger partial charge in [0.05, 0.1) is 6.07 Å². The maximum atomic E-state index is 8.47. The molecule has 0 spiro atoms. The number of rotatable bonds is 3. The summed E-state index contributed by atoms with van der Waals surface area (Å²) in [6.07, 6.45) is 2.64. The van der Waals surface area contributed by atoms with Crippen molar-refractivity contribution in [2.45, 2.75) is 24.2 Å². The number of thioether (sulfide) groups is 1. The molecule has 0 bridgehead atoms. The number of anilines is 1. The van der Waals surface area contributed by atoms with Crippen molar-refractivity contribution in [2.24, 2.45) is 0 Å². The van der Waals surface area contributed by atoms with Gasteiger partial charge < -0.3 is 5.32 Å². The summed E-state index contributed by atoms with van der Waals surface area (Å²) in [4.78, 5) is 1.36. The first-order valence-corrected chi connectivity index (χ1v) is 6.25. The highest BCUT2D eigenvalue weighted by molar-refractivity contribution is 7.99. The van der Waals surface area contributed by atoms with Gasteiger partial charge in [-0.2, -0.15) is 5.26 Å². The summed E-state index contributed by atoms with van der Waals surface area (Å²) in [5.74, 6) is 1.15. The van der Waals surface area contributed by atoms with Crippen LogP contribution in [0.5, 0.6) is 0 Å². The van der Waals surface area contributed by atoms with E-state index >= 15 is 0 Å². The van der Waals surface area contributed by atoms with Crippen molar-refractivity contribution < 1.29 is 0 Å². The summed E-state index contributed by atoms with van der Waals surface area (Å²) in [7, 11) is 0. The Bertz CT molecular complexity index is 382. The Morgan fingerprint density at radius 2 is 2.40 bits per heavy atom. The first-order valence-electron chi connectivity index (χ1n) is 5.27. The van der Waals surface area contributed by atoms with Crippen LogP contribution in [-0.2, 0) is 6.42 Å². The second-order valence-corrected chi connectivity index (χ2v) is 4.75. The molecule has 0 unspecified atom stereocenters. The van der Waals surface area contributed by atoms with Crippen LogP contribution < -0.4 is 5.32 Å². The van der Waals surface area contributed by atoms with E-state index in [2.05, 4.69) is 29.6 Å². The zero-order valence-electron chi connectivity index (χ0n) is 8.62. The zero-order valence-corrected chi connectivity index (χ0v) is 9.44. The molecule has 0 radical (unpaired) electrons. The van der Waals surface area contributed by atoms with Gasteiger partial charge in [-0.15, -0.1) is 11.8 Å². The van der Waals surface area contributed by atoms with Crippen molar-refractivity contribution >= 4 is 17.4 Å². The van der Waals surface area contributed by atoms with Gasteiger partial charge in [0.15, 0.2) is 0 Å². The van der Waals surface area contributed by atoms with Gasteiger partial charge in [0.1, 0.15) is 0 Å². The molecule has 78 valence electrons. The minimum atomic E-state index is 0.655. The molecule has 0 saturated carbocycles. The first kappa shape index (κ1) is 10.4. The molecule has 1 heterocycles. The molecule has 1 aromatic carbocycles. The van der Waals surface area contributed by atoms with Crippen LogP contribution in [-0.4, -0.2) is 12.3 Å². The van der Waals surface area contributed by atoms with E-state index < -0.39 is 0 Å². The molecule has 15 heavy (non-hydrogen) atoms. The van der Waals surface area contributed by atoms with Crippen molar-refractivity contribution in [1.29, 1.82) is 5.26 Å². The fourth-order valence-corrected chi connectivity index (χ4v) is 2.66. The predicted octanol–water partition coefficient (Wildman–Crippen LogP) is 3.05. The number of nitriles is 1. The van der Waals surface area contributed by atoms with E-state index in [-0.39, 0.29) is 0 Å². The minimum Gasteiger partial charge on any atom is -0.383 e.